The van der Waals surface area contributed by atoms with Crippen molar-refractivity contribution in [3.05, 3.63) is 64.6 Å². The van der Waals surface area contributed by atoms with Crippen LogP contribution >= 0.6 is 0 Å². The van der Waals surface area contributed by atoms with E-state index in [1.807, 2.05) is 12.4 Å². The number of alkyl halides is 1. The lowest BCUT2D eigenvalue weighted by Crippen LogP contribution is -2.38. The van der Waals surface area contributed by atoms with Crippen molar-refractivity contribution in [3.63, 3.8) is 0 Å². The summed E-state index contributed by atoms with van der Waals surface area (Å²) in [7, 11) is 2.21. The molecule has 1 N–H and O–H groups in total. The first-order valence-electron chi connectivity index (χ1n) is 11.5. The van der Waals surface area contributed by atoms with Crippen LogP contribution in [0.2, 0.25) is 0 Å². The summed E-state index contributed by atoms with van der Waals surface area (Å²) in [5.74, 6) is 0. The van der Waals surface area contributed by atoms with Gasteiger partial charge in [0.15, 0.2) is 0 Å². The van der Waals surface area contributed by atoms with Crippen LogP contribution in [0, 0.1) is 0 Å². The maximum Gasteiger partial charge on any atom is 0.113 e. The molecule has 158 valence electrons. The number of hydrogen-bond donors (Lipinski definition) is 1. The number of aromatic nitrogens is 2. The molecule has 2 aromatic heterocycles. The summed E-state index contributed by atoms with van der Waals surface area (Å²) in [4.78, 5) is 4.46. The molecule has 3 heterocycles. The van der Waals surface area contributed by atoms with E-state index in [1.54, 1.807) is 5.56 Å². The topological polar surface area (TPSA) is 29.9 Å². The van der Waals surface area contributed by atoms with Gasteiger partial charge in [0, 0.05) is 36.0 Å². The number of aryl methyl sites for hydroxylation is 3. The van der Waals surface area contributed by atoms with Crippen molar-refractivity contribution in [1.82, 2.24) is 14.9 Å². The Kier molecular flexibility index (Phi) is 5.36. The minimum Gasteiger partial charge on any atom is -0.347 e. The molecule has 1 aromatic carbocycles. The molecule has 0 atom stereocenters. The van der Waals surface area contributed by atoms with Crippen molar-refractivity contribution in [1.29, 1.82) is 0 Å². The van der Waals surface area contributed by atoms with Crippen molar-refractivity contribution >= 4 is 10.9 Å². The normalized spacial score (nSPS) is 18.5. The summed E-state index contributed by atoms with van der Waals surface area (Å²) in [6.45, 7) is 1.58. The first-order valence-corrected chi connectivity index (χ1v) is 11.5. The fourth-order valence-electron chi connectivity index (χ4n) is 5.42. The van der Waals surface area contributed by atoms with E-state index in [9.17, 15) is 4.39 Å². The van der Waals surface area contributed by atoms with Crippen LogP contribution in [-0.2, 0) is 32.7 Å². The van der Waals surface area contributed by atoms with Crippen LogP contribution in [0.25, 0.3) is 10.9 Å². The SMILES string of the molecule is Cn1c2c(c3ccc(Cc4cncc(CCC5(F)CCNCC5)c4)cc31)CCCC2. The average molecular weight is 406 g/mol. The molecule has 0 spiro atoms. The minimum absolute atomic E-state index is 0.598. The predicted octanol–water partition coefficient (Wildman–Crippen LogP) is 5.07. The van der Waals surface area contributed by atoms with Crippen LogP contribution in [-0.4, -0.2) is 28.3 Å². The number of fused-ring (bicyclic) bond motifs is 3. The molecule has 0 amide bonds. The summed E-state index contributed by atoms with van der Waals surface area (Å²) >= 11 is 0. The molecule has 5 rings (SSSR count). The summed E-state index contributed by atoms with van der Waals surface area (Å²) < 4.78 is 17.3. The van der Waals surface area contributed by atoms with Crippen molar-refractivity contribution in [2.24, 2.45) is 7.05 Å². The standard InChI is InChI=1S/C26H32FN3/c1-30-24-5-3-2-4-22(24)23-7-6-19(16-25(23)30)14-21-15-20(17-29-18-21)8-9-26(27)10-12-28-13-11-26/h6-7,15-18,28H,2-5,8-14H2,1H3. The quantitative estimate of drug-likeness (QED) is 0.642. The fourth-order valence-corrected chi connectivity index (χ4v) is 5.42. The van der Waals surface area contributed by atoms with Crippen molar-refractivity contribution in [3.8, 4) is 0 Å². The molecule has 0 saturated carbocycles. The van der Waals surface area contributed by atoms with Crippen LogP contribution in [0.3, 0.4) is 0 Å². The number of benzene rings is 1. The van der Waals surface area contributed by atoms with E-state index in [-0.39, 0.29) is 0 Å². The van der Waals surface area contributed by atoms with Crippen LogP contribution in [0.1, 0.15) is 60.1 Å². The Labute approximate surface area is 178 Å². The maximum atomic E-state index is 14.9. The van der Waals surface area contributed by atoms with E-state index < -0.39 is 5.67 Å². The molecule has 2 aliphatic rings. The van der Waals surface area contributed by atoms with E-state index in [0.717, 1.165) is 31.5 Å². The molecule has 4 heteroatoms. The third-order valence-electron chi connectivity index (χ3n) is 7.21. The Bertz CT molecular complexity index is 1050. The Hall–Kier alpha value is -2.20. The third kappa shape index (κ3) is 3.90. The number of nitrogens with zero attached hydrogens (tertiary/aromatic N) is 2. The first-order chi connectivity index (χ1) is 14.6. The molecule has 1 saturated heterocycles. The average Bonchev–Trinajstić information content (AvgIpc) is 3.05. The van der Waals surface area contributed by atoms with E-state index in [4.69, 9.17) is 0 Å². The van der Waals surface area contributed by atoms with Crippen molar-refractivity contribution < 1.29 is 4.39 Å². The zero-order valence-electron chi connectivity index (χ0n) is 18.0. The van der Waals surface area contributed by atoms with Gasteiger partial charge in [0.05, 0.1) is 0 Å². The number of hydrogen-bond acceptors (Lipinski definition) is 2. The van der Waals surface area contributed by atoms with Gasteiger partial charge in [0.1, 0.15) is 5.67 Å². The van der Waals surface area contributed by atoms with Gasteiger partial charge in [-0.05, 0) is 99.2 Å². The Morgan fingerprint density at radius 2 is 1.83 bits per heavy atom. The Morgan fingerprint density at radius 1 is 1.03 bits per heavy atom. The van der Waals surface area contributed by atoms with Gasteiger partial charge in [-0.1, -0.05) is 18.2 Å². The summed E-state index contributed by atoms with van der Waals surface area (Å²) in [6.07, 6.45) is 12.4. The summed E-state index contributed by atoms with van der Waals surface area (Å²) in [6, 6.07) is 9.16. The molecule has 1 aliphatic carbocycles. The van der Waals surface area contributed by atoms with Gasteiger partial charge in [-0.2, -0.15) is 0 Å². The van der Waals surface area contributed by atoms with Gasteiger partial charge < -0.3 is 9.88 Å². The molecule has 1 fully saturated rings. The van der Waals surface area contributed by atoms with E-state index >= 15 is 0 Å². The molecule has 3 nitrogen and oxygen atoms in total. The van der Waals surface area contributed by atoms with Crippen LogP contribution in [0.4, 0.5) is 4.39 Å². The Balaban J connectivity index is 1.32. The third-order valence-corrected chi connectivity index (χ3v) is 7.21. The van der Waals surface area contributed by atoms with Gasteiger partial charge in [0.2, 0.25) is 0 Å². The lowest BCUT2D eigenvalue weighted by Gasteiger charge is -2.30. The fraction of sp³-hybridized carbons (Fsp3) is 0.500. The van der Waals surface area contributed by atoms with Crippen LogP contribution < -0.4 is 5.32 Å². The van der Waals surface area contributed by atoms with E-state index in [0.29, 0.717) is 19.3 Å². The molecule has 0 radical (unpaired) electrons. The summed E-state index contributed by atoms with van der Waals surface area (Å²) in [5, 5.41) is 4.68. The van der Waals surface area contributed by atoms with Crippen molar-refractivity contribution in [2.75, 3.05) is 13.1 Å². The number of rotatable bonds is 5. The number of pyridine rings is 1. The molecular formula is C26H32FN3. The summed E-state index contributed by atoms with van der Waals surface area (Å²) in [5.41, 5.74) is 7.11. The van der Waals surface area contributed by atoms with E-state index in [1.165, 1.54) is 53.4 Å². The zero-order chi connectivity index (χ0) is 20.6. The highest BCUT2D eigenvalue weighted by Crippen LogP contribution is 2.32. The molecule has 1 aliphatic heterocycles. The molecular weight excluding hydrogens is 373 g/mol. The van der Waals surface area contributed by atoms with Gasteiger partial charge in [0.25, 0.3) is 0 Å². The van der Waals surface area contributed by atoms with Gasteiger partial charge in [-0.25, -0.2) is 4.39 Å². The van der Waals surface area contributed by atoms with Gasteiger partial charge >= 0.3 is 0 Å². The Morgan fingerprint density at radius 3 is 2.70 bits per heavy atom. The highest BCUT2D eigenvalue weighted by molar-refractivity contribution is 5.86. The molecule has 0 bridgehead atoms. The second-order valence-electron chi connectivity index (χ2n) is 9.32. The van der Waals surface area contributed by atoms with Crippen molar-refractivity contribution in [2.45, 2.75) is 63.5 Å². The maximum absolute atomic E-state index is 14.9. The molecule has 3 aromatic rings. The minimum atomic E-state index is -1.02. The first kappa shape index (κ1) is 19.7. The highest BCUT2D eigenvalue weighted by atomic mass is 19.1. The second-order valence-corrected chi connectivity index (χ2v) is 9.32. The number of piperidine rings is 1. The highest BCUT2D eigenvalue weighted by Gasteiger charge is 2.31. The molecule has 0 unspecified atom stereocenters. The smallest absolute Gasteiger partial charge is 0.113 e. The molecule has 30 heavy (non-hydrogen) atoms. The van der Waals surface area contributed by atoms with Crippen LogP contribution in [0.15, 0.2) is 36.7 Å². The second kappa shape index (κ2) is 8.14. The largest absolute Gasteiger partial charge is 0.347 e. The zero-order valence-corrected chi connectivity index (χ0v) is 18.0. The lowest BCUT2D eigenvalue weighted by atomic mass is 9.88. The number of halogens is 1. The monoisotopic (exact) mass is 405 g/mol. The number of nitrogens with one attached hydrogen (secondary N) is 1. The lowest BCUT2D eigenvalue weighted by molar-refractivity contribution is 0.105. The predicted molar refractivity (Wildman–Crippen MR) is 121 cm³/mol. The van der Waals surface area contributed by atoms with Crippen LogP contribution in [0.5, 0.6) is 0 Å². The van der Waals surface area contributed by atoms with E-state index in [2.05, 4.69) is 46.2 Å². The van der Waals surface area contributed by atoms with Gasteiger partial charge in [-0.15, -0.1) is 0 Å². The van der Waals surface area contributed by atoms with Gasteiger partial charge in [-0.3, -0.25) is 4.98 Å².